The Kier molecular flexibility index (Phi) is 2.01. The molecule has 0 unspecified atom stereocenters. The lowest BCUT2D eigenvalue weighted by atomic mass is 10.4. The molecule has 0 N–H and O–H groups in total. The first kappa shape index (κ1) is 7.21. The summed E-state index contributed by atoms with van der Waals surface area (Å²) in [5.41, 5.74) is 0.210. The van der Waals surface area contributed by atoms with Gasteiger partial charge in [0.05, 0.1) is 10.3 Å². The molecule has 1 heterocycles. The molecule has 0 saturated heterocycles. The molecular weight excluding hydrogens is 150 g/mol. The van der Waals surface area contributed by atoms with Gasteiger partial charge >= 0.3 is 0 Å². The van der Waals surface area contributed by atoms with Gasteiger partial charge in [-0.25, -0.2) is 0 Å². The number of hydrogen-bond acceptors (Lipinski definition) is 3. The van der Waals surface area contributed by atoms with E-state index in [9.17, 15) is 10.1 Å². The molecule has 1 aromatic rings. The zero-order chi connectivity index (χ0) is 7.56. The lowest BCUT2D eigenvalue weighted by Gasteiger charge is -1.81. The van der Waals surface area contributed by atoms with Gasteiger partial charge in [0, 0.05) is 10.9 Å². The van der Waals surface area contributed by atoms with Crippen LogP contribution in [0.5, 0.6) is 0 Å². The Morgan fingerprint density at radius 2 is 2.50 bits per heavy atom. The van der Waals surface area contributed by atoms with Crippen molar-refractivity contribution >= 4 is 17.0 Å². The van der Waals surface area contributed by atoms with Crippen LogP contribution in [0.3, 0.4) is 0 Å². The van der Waals surface area contributed by atoms with Crippen molar-refractivity contribution in [3.05, 3.63) is 26.4 Å². The van der Waals surface area contributed by atoms with Crippen molar-refractivity contribution in [3.8, 4) is 0 Å². The summed E-state index contributed by atoms with van der Waals surface area (Å²) < 4.78 is 0. The summed E-state index contributed by atoms with van der Waals surface area (Å²) >= 11 is 1.44. The van der Waals surface area contributed by atoms with Crippen LogP contribution in [0.15, 0.2) is 11.4 Å². The summed E-state index contributed by atoms with van der Waals surface area (Å²) in [5, 5.41) is 11.7. The minimum absolute atomic E-state index is 0.210. The third kappa shape index (κ3) is 1.33. The maximum absolute atomic E-state index is 10.1. The molecule has 0 aliphatic rings. The molecule has 0 aromatic carbocycles. The van der Waals surface area contributed by atoms with Crippen LogP contribution in [0, 0.1) is 10.1 Å². The van der Waals surface area contributed by atoms with Gasteiger partial charge in [-0.05, 0) is 6.42 Å². The number of nitro groups is 1. The zero-order valence-corrected chi connectivity index (χ0v) is 6.35. The van der Waals surface area contributed by atoms with E-state index in [-0.39, 0.29) is 10.6 Å². The van der Waals surface area contributed by atoms with Gasteiger partial charge in [-0.2, -0.15) is 0 Å². The van der Waals surface area contributed by atoms with Crippen molar-refractivity contribution < 1.29 is 4.92 Å². The fourth-order valence-corrected chi connectivity index (χ4v) is 1.43. The molecule has 1 aromatic heterocycles. The molecule has 0 aliphatic carbocycles. The molecule has 0 spiro atoms. The molecule has 10 heavy (non-hydrogen) atoms. The highest BCUT2D eigenvalue weighted by Crippen LogP contribution is 2.20. The quantitative estimate of drug-likeness (QED) is 0.488. The minimum atomic E-state index is -0.365. The molecule has 54 valence electrons. The molecule has 0 saturated carbocycles. The summed E-state index contributed by atoms with van der Waals surface area (Å²) in [7, 11) is 0. The van der Waals surface area contributed by atoms with Crippen LogP contribution in [-0.4, -0.2) is 4.92 Å². The van der Waals surface area contributed by atoms with E-state index < -0.39 is 0 Å². The SMILES string of the molecule is CCc1cc([N+](=O)[O-])cs1. The smallest absolute Gasteiger partial charge is 0.258 e. The van der Waals surface area contributed by atoms with Crippen molar-refractivity contribution in [1.82, 2.24) is 0 Å². The van der Waals surface area contributed by atoms with Gasteiger partial charge in [0.25, 0.3) is 5.69 Å². The van der Waals surface area contributed by atoms with Gasteiger partial charge in [-0.15, -0.1) is 11.3 Å². The molecule has 0 amide bonds. The first-order valence-corrected chi connectivity index (χ1v) is 3.83. The third-order valence-electron chi connectivity index (χ3n) is 1.20. The Bertz CT molecular complexity index is 244. The minimum Gasteiger partial charge on any atom is -0.258 e. The highest BCUT2D eigenvalue weighted by molar-refractivity contribution is 7.10. The maximum atomic E-state index is 10.1. The van der Waals surface area contributed by atoms with E-state index in [1.807, 2.05) is 6.92 Å². The standard InChI is InChI=1S/C6H7NO2S/c1-2-6-3-5(4-10-6)7(8)9/h3-4H,2H2,1H3. The first-order chi connectivity index (χ1) is 4.74. The van der Waals surface area contributed by atoms with Crippen LogP contribution in [0.1, 0.15) is 11.8 Å². The average Bonchev–Trinajstić information content (AvgIpc) is 2.34. The van der Waals surface area contributed by atoms with E-state index in [1.54, 1.807) is 11.4 Å². The summed E-state index contributed by atoms with van der Waals surface area (Å²) in [5.74, 6) is 0. The molecule has 0 fully saturated rings. The second-order valence-electron chi connectivity index (χ2n) is 1.88. The molecule has 0 aliphatic heterocycles. The van der Waals surface area contributed by atoms with E-state index >= 15 is 0 Å². The second kappa shape index (κ2) is 2.79. The van der Waals surface area contributed by atoms with Crippen LogP contribution < -0.4 is 0 Å². The van der Waals surface area contributed by atoms with Crippen molar-refractivity contribution in [1.29, 1.82) is 0 Å². The molecule has 0 bridgehead atoms. The zero-order valence-electron chi connectivity index (χ0n) is 5.53. The number of nitrogens with zero attached hydrogens (tertiary/aromatic N) is 1. The second-order valence-corrected chi connectivity index (χ2v) is 2.88. The molecular formula is C6H7NO2S. The van der Waals surface area contributed by atoms with Gasteiger partial charge < -0.3 is 0 Å². The number of rotatable bonds is 2. The van der Waals surface area contributed by atoms with Crippen LogP contribution in [0.4, 0.5) is 5.69 Å². The summed E-state index contributed by atoms with van der Waals surface area (Å²) in [6.07, 6.45) is 0.874. The van der Waals surface area contributed by atoms with Crippen LogP contribution >= 0.6 is 11.3 Å². The van der Waals surface area contributed by atoms with E-state index in [0.29, 0.717) is 0 Å². The van der Waals surface area contributed by atoms with Crippen molar-refractivity contribution in [2.45, 2.75) is 13.3 Å². The number of aryl methyl sites for hydroxylation is 1. The van der Waals surface area contributed by atoms with Gasteiger partial charge in [0.1, 0.15) is 0 Å². The van der Waals surface area contributed by atoms with Crippen LogP contribution in [-0.2, 0) is 6.42 Å². The summed E-state index contributed by atoms with van der Waals surface area (Å²) in [4.78, 5) is 10.8. The normalized spacial score (nSPS) is 9.70. The first-order valence-electron chi connectivity index (χ1n) is 2.96. The molecule has 0 radical (unpaired) electrons. The fraction of sp³-hybridized carbons (Fsp3) is 0.333. The average molecular weight is 157 g/mol. The van der Waals surface area contributed by atoms with Gasteiger partial charge in [-0.1, -0.05) is 6.92 Å². The van der Waals surface area contributed by atoms with Crippen LogP contribution in [0.2, 0.25) is 0 Å². The number of thiophene rings is 1. The predicted molar refractivity (Wildman–Crippen MR) is 40.4 cm³/mol. The van der Waals surface area contributed by atoms with Crippen LogP contribution in [0.25, 0.3) is 0 Å². The maximum Gasteiger partial charge on any atom is 0.280 e. The van der Waals surface area contributed by atoms with E-state index in [0.717, 1.165) is 11.3 Å². The van der Waals surface area contributed by atoms with E-state index in [2.05, 4.69) is 0 Å². The predicted octanol–water partition coefficient (Wildman–Crippen LogP) is 2.22. The topological polar surface area (TPSA) is 43.1 Å². The van der Waals surface area contributed by atoms with Crippen molar-refractivity contribution in [2.75, 3.05) is 0 Å². The monoisotopic (exact) mass is 157 g/mol. The summed E-state index contributed by atoms with van der Waals surface area (Å²) in [6, 6.07) is 1.62. The number of hydrogen-bond donors (Lipinski definition) is 0. The summed E-state index contributed by atoms with van der Waals surface area (Å²) in [6.45, 7) is 1.98. The molecule has 0 atom stereocenters. The lowest BCUT2D eigenvalue weighted by Crippen LogP contribution is -1.82. The highest BCUT2D eigenvalue weighted by atomic mass is 32.1. The molecule has 4 heteroatoms. The highest BCUT2D eigenvalue weighted by Gasteiger charge is 2.06. The molecule has 3 nitrogen and oxygen atoms in total. The van der Waals surface area contributed by atoms with Gasteiger partial charge in [-0.3, -0.25) is 10.1 Å². The Labute approximate surface area is 62.5 Å². The van der Waals surface area contributed by atoms with Crippen molar-refractivity contribution in [2.24, 2.45) is 0 Å². The van der Waals surface area contributed by atoms with Gasteiger partial charge in [0.2, 0.25) is 0 Å². The Hall–Kier alpha value is -0.900. The lowest BCUT2D eigenvalue weighted by molar-refractivity contribution is -0.384. The Morgan fingerprint density at radius 1 is 1.80 bits per heavy atom. The van der Waals surface area contributed by atoms with Crippen molar-refractivity contribution in [3.63, 3.8) is 0 Å². The van der Waals surface area contributed by atoms with E-state index in [1.165, 1.54) is 11.3 Å². The Balaban J connectivity index is 2.88. The largest absolute Gasteiger partial charge is 0.280 e. The molecule has 1 rings (SSSR count). The van der Waals surface area contributed by atoms with E-state index in [4.69, 9.17) is 0 Å². The fourth-order valence-electron chi connectivity index (χ4n) is 0.650. The van der Waals surface area contributed by atoms with Gasteiger partial charge in [0.15, 0.2) is 0 Å². The third-order valence-corrected chi connectivity index (χ3v) is 2.27. The Morgan fingerprint density at radius 3 is 2.80 bits per heavy atom.